The summed E-state index contributed by atoms with van der Waals surface area (Å²) < 4.78 is 294. The van der Waals surface area contributed by atoms with Gasteiger partial charge in [-0.05, 0) is 62.3 Å². The number of hydrogen-bond acceptors (Lipinski definition) is 3. The predicted octanol–water partition coefficient (Wildman–Crippen LogP) is 15.5. The molecule has 0 amide bonds. The maximum Gasteiger partial charge on any atom is 0.214 e. The average molecular weight is 1170 g/mol. The molecule has 0 fully saturated rings. The highest BCUT2D eigenvalue weighted by molar-refractivity contribution is 7.78. The zero-order valence-corrected chi connectivity index (χ0v) is 43.9. The highest BCUT2D eigenvalue weighted by Gasteiger charge is 2.67. The molecule has 0 radical (unpaired) electrons. The molecule has 426 valence electrons. The van der Waals surface area contributed by atoms with Crippen molar-refractivity contribution >= 4 is 35.4 Å². The lowest BCUT2D eigenvalue weighted by molar-refractivity contribution is 0.00499. The van der Waals surface area contributed by atoms with Crippen molar-refractivity contribution in [1.29, 1.82) is 0 Å². The van der Waals surface area contributed by atoms with Crippen molar-refractivity contribution in [3.05, 3.63) is 224 Å². The van der Waals surface area contributed by atoms with Gasteiger partial charge in [-0.15, -0.1) is 21.9 Å². The van der Waals surface area contributed by atoms with Crippen LogP contribution in [0.1, 0.15) is 79.0 Å². The van der Waals surface area contributed by atoms with Crippen LogP contribution in [0.2, 0.25) is 0 Å². The molecule has 0 saturated heterocycles. The molecule has 0 heterocycles. The van der Waals surface area contributed by atoms with Crippen LogP contribution >= 0.6 is 7.41 Å². The SMILES string of the molecule is CC(C)(C)[P+](/N=N/OC(c1ccccc1)(c1ccccc1)c1ccccc1)(C(C)(C)C)C(C)(C)C.Fc1c(F)c(F)c([B-](c2c(F)c(F)c(F)c(F)c2F)(c2c(F)c(F)c(F)c(F)c2F)c2c(F)c(F)c(F)c(F)c2F)c(F)c1F. The van der Waals surface area contributed by atoms with Gasteiger partial charge in [-0.1, -0.05) is 91.0 Å². The molecule has 0 aliphatic rings. The van der Waals surface area contributed by atoms with Gasteiger partial charge >= 0.3 is 0 Å². The summed E-state index contributed by atoms with van der Waals surface area (Å²) in [4.78, 5) is 12.0. The molecule has 25 heteroatoms. The van der Waals surface area contributed by atoms with Gasteiger partial charge in [-0.25, -0.2) is 87.8 Å². The van der Waals surface area contributed by atoms with Gasteiger partial charge in [0.2, 0.25) is 5.60 Å². The third-order valence-corrected chi connectivity index (χ3v) is 19.7. The lowest BCUT2D eigenvalue weighted by Crippen LogP contribution is -2.81. The van der Waals surface area contributed by atoms with Crippen LogP contribution in [0.5, 0.6) is 0 Å². The Bertz CT molecular complexity index is 3020. The minimum Gasteiger partial charge on any atom is -0.356 e. The van der Waals surface area contributed by atoms with E-state index >= 15 is 35.1 Å². The Balaban J connectivity index is 0.000000266. The minimum atomic E-state index is -7.22. The summed E-state index contributed by atoms with van der Waals surface area (Å²) in [6, 6.07) is 31.0. The summed E-state index contributed by atoms with van der Waals surface area (Å²) in [5.74, 6) is -71.4. The molecule has 7 aromatic rings. The van der Waals surface area contributed by atoms with E-state index < -0.39 is 157 Å². The Morgan fingerprint density at radius 1 is 0.287 bits per heavy atom. The van der Waals surface area contributed by atoms with Crippen LogP contribution in [0.15, 0.2) is 101 Å². The summed E-state index contributed by atoms with van der Waals surface area (Å²) in [5, 5.41) is 4.57. The molecular formula is C55H42BF20N2OP. The van der Waals surface area contributed by atoms with Crippen molar-refractivity contribution in [2.24, 2.45) is 10.2 Å². The summed E-state index contributed by atoms with van der Waals surface area (Å²) in [6.07, 6.45) is -7.22. The second kappa shape index (κ2) is 22.2. The van der Waals surface area contributed by atoms with E-state index in [9.17, 15) is 52.7 Å². The lowest BCUT2D eigenvalue weighted by Gasteiger charge is -2.48. The van der Waals surface area contributed by atoms with Gasteiger partial charge in [0, 0.05) is 21.6 Å². The Hall–Kier alpha value is -6.97. The van der Waals surface area contributed by atoms with Gasteiger partial charge < -0.3 is 4.84 Å². The molecule has 0 atom stereocenters. The van der Waals surface area contributed by atoms with Crippen LogP contribution in [0.3, 0.4) is 0 Å². The predicted molar refractivity (Wildman–Crippen MR) is 261 cm³/mol. The van der Waals surface area contributed by atoms with Crippen LogP contribution in [-0.4, -0.2) is 21.6 Å². The molecule has 0 aromatic heterocycles. The number of hydrogen-bond donors (Lipinski definition) is 0. The van der Waals surface area contributed by atoms with Crippen molar-refractivity contribution in [1.82, 2.24) is 0 Å². The summed E-state index contributed by atoms with van der Waals surface area (Å²) in [7, 11) is -2.08. The maximum atomic E-state index is 15.4. The molecule has 0 saturated carbocycles. The van der Waals surface area contributed by atoms with E-state index in [1.807, 2.05) is 54.6 Å². The monoisotopic (exact) mass is 1170 g/mol. The van der Waals surface area contributed by atoms with Crippen molar-refractivity contribution in [2.75, 3.05) is 0 Å². The topological polar surface area (TPSA) is 34.0 Å². The normalized spacial score (nSPS) is 12.8. The van der Waals surface area contributed by atoms with Gasteiger partial charge in [0.05, 0.1) is 20.7 Å². The van der Waals surface area contributed by atoms with Gasteiger partial charge in [-0.2, -0.15) is 0 Å². The van der Waals surface area contributed by atoms with Crippen molar-refractivity contribution in [3.8, 4) is 0 Å². The Morgan fingerprint density at radius 2 is 0.463 bits per heavy atom. The third kappa shape index (κ3) is 9.65. The molecule has 0 bridgehead atoms. The van der Waals surface area contributed by atoms with E-state index in [0.717, 1.165) is 16.7 Å². The van der Waals surface area contributed by atoms with Gasteiger partial charge in [0.15, 0.2) is 77.2 Å². The maximum absolute atomic E-state index is 15.4. The second-order valence-corrected chi connectivity index (χ2v) is 26.5. The second-order valence-electron chi connectivity index (χ2n) is 21.0. The summed E-state index contributed by atoms with van der Waals surface area (Å²) >= 11 is 0. The number of rotatable bonds is 10. The minimum absolute atomic E-state index is 0.0503. The lowest BCUT2D eigenvalue weighted by atomic mass is 9.12. The molecule has 3 nitrogen and oxygen atoms in total. The first kappa shape index (κ1) is 62.2. The van der Waals surface area contributed by atoms with Gasteiger partial charge in [-0.3, -0.25) is 0 Å². The van der Waals surface area contributed by atoms with Crippen molar-refractivity contribution in [2.45, 2.75) is 83.4 Å². The highest BCUT2D eigenvalue weighted by atomic mass is 31.2. The molecule has 0 N–H and O–H groups in total. The molecular weight excluding hydrogens is 1130 g/mol. The van der Waals surface area contributed by atoms with Gasteiger partial charge in [0.25, 0.3) is 0 Å². The molecule has 80 heavy (non-hydrogen) atoms. The van der Waals surface area contributed by atoms with Crippen molar-refractivity contribution in [3.63, 3.8) is 0 Å². The number of halogens is 20. The zero-order chi connectivity index (χ0) is 60.3. The van der Waals surface area contributed by atoms with Crippen LogP contribution in [-0.2, 0) is 10.4 Å². The van der Waals surface area contributed by atoms with Crippen LogP contribution in [0, 0.1) is 116 Å². The molecule has 7 aromatic carbocycles. The summed E-state index contributed by atoms with van der Waals surface area (Å²) in [6.45, 7) is 20.7. The Morgan fingerprint density at radius 3 is 0.637 bits per heavy atom. The van der Waals surface area contributed by atoms with Crippen molar-refractivity contribution < 1.29 is 92.6 Å². The largest absolute Gasteiger partial charge is 0.356 e. The molecule has 0 aliphatic heterocycles. The number of benzene rings is 7. The van der Waals surface area contributed by atoms with E-state index in [1.54, 1.807) is 0 Å². The van der Waals surface area contributed by atoms with E-state index in [2.05, 4.69) is 98.7 Å². The fourth-order valence-corrected chi connectivity index (χ4v) is 18.1. The van der Waals surface area contributed by atoms with Gasteiger partial charge in [0.1, 0.15) is 52.7 Å². The molecule has 7 rings (SSSR count). The van der Waals surface area contributed by atoms with E-state index in [1.165, 1.54) is 0 Å². The van der Waals surface area contributed by atoms with E-state index in [4.69, 9.17) is 15.0 Å². The molecule has 0 unspecified atom stereocenters. The number of nitrogens with zero attached hydrogens (tertiary/aromatic N) is 2. The average Bonchev–Trinajstić information content (AvgIpc) is 3.40. The standard InChI is InChI=1S/C31H42N2OP.C24BF20/c1-28(2,3)35(29(4,5)6,30(7,8)9)33-32-34-31(25-19-13-10-14-20-25,26-21-15-11-16-22-26)27-23-17-12-18-24-27;26-5-1(6(27)14(35)21(42)13(5)34)25(2-7(28)15(36)22(43)16(37)8(2)29,3-9(30)17(38)23(44)18(39)10(3)31)4-11(32)19(40)24(45)20(41)12(4)33/h10-24H,1-9H3;/q+1;-1/b33-32+;. The first-order valence-corrected chi connectivity index (χ1v) is 25.1. The van der Waals surface area contributed by atoms with Crippen LogP contribution < -0.4 is 21.9 Å². The third-order valence-electron chi connectivity index (χ3n) is 13.5. The summed E-state index contributed by atoms with van der Waals surface area (Å²) in [5.41, 5.74) is -12.2. The fourth-order valence-electron chi connectivity index (χ4n) is 11.1. The molecule has 0 spiro atoms. The smallest absolute Gasteiger partial charge is 0.214 e. The van der Waals surface area contributed by atoms with E-state index in [-0.39, 0.29) is 15.5 Å². The van der Waals surface area contributed by atoms with Crippen LogP contribution in [0.25, 0.3) is 0 Å². The van der Waals surface area contributed by atoms with E-state index in [0.29, 0.717) is 0 Å². The first-order chi connectivity index (χ1) is 37.0. The first-order valence-electron chi connectivity index (χ1n) is 23.4. The van der Waals surface area contributed by atoms with Crippen LogP contribution in [0.4, 0.5) is 87.8 Å². The zero-order valence-electron chi connectivity index (χ0n) is 43.0. The molecule has 0 aliphatic carbocycles. The quantitative estimate of drug-likeness (QED) is 0.0196. The Kier molecular flexibility index (Phi) is 17.2. The fraction of sp³-hybridized carbons (Fsp3) is 0.236. The highest BCUT2D eigenvalue weighted by Crippen LogP contribution is 2.84. The Labute approximate surface area is 444 Å².